The van der Waals surface area contributed by atoms with E-state index in [1.807, 2.05) is 90.9 Å². The lowest BCUT2D eigenvalue weighted by molar-refractivity contribution is 0.0932. The van der Waals surface area contributed by atoms with Crippen LogP contribution in [0.3, 0.4) is 0 Å². The van der Waals surface area contributed by atoms with Crippen LogP contribution in [0.1, 0.15) is 73.8 Å². The van der Waals surface area contributed by atoms with Crippen molar-refractivity contribution in [3.63, 3.8) is 0 Å². The van der Waals surface area contributed by atoms with Crippen molar-refractivity contribution in [2.24, 2.45) is 14.1 Å². The van der Waals surface area contributed by atoms with Crippen LogP contribution >= 0.6 is 0 Å². The van der Waals surface area contributed by atoms with Gasteiger partial charge in [-0.2, -0.15) is 10.2 Å². The first kappa shape index (κ1) is 42.4. The normalized spacial score (nSPS) is 12.0. The monoisotopic (exact) mass is 880 g/mol. The Morgan fingerprint density at radius 3 is 1.83 bits per heavy atom. The fourth-order valence-corrected chi connectivity index (χ4v) is 7.41. The predicted octanol–water partition coefficient (Wildman–Crippen LogP) is 5.06. The number of anilines is 2. The maximum Gasteiger partial charge on any atom is 0.252 e. The second-order valence-corrected chi connectivity index (χ2v) is 15.3. The Bertz CT molecular complexity index is 3070. The summed E-state index contributed by atoms with van der Waals surface area (Å²) in [6.45, 7) is 3.02. The second-order valence-electron chi connectivity index (χ2n) is 15.3. The van der Waals surface area contributed by atoms with E-state index < -0.39 is 12.1 Å². The number of aromatic amines is 1. The molecule has 3 aromatic carbocycles. The van der Waals surface area contributed by atoms with Crippen LogP contribution in [0.5, 0.6) is 0 Å². The Morgan fingerprint density at radius 2 is 1.26 bits per heavy atom. The molecule has 9 rings (SSSR count). The van der Waals surface area contributed by atoms with Crippen molar-refractivity contribution in [2.45, 2.75) is 38.6 Å². The molecule has 2 unspecified atom stereocenters. The molecule has 0 saturated carbocycles. The number of rotatable bonds is 17. The molecule has 0 aliphatic heterocycles. The number of carbonyl (C=O) groups excluding carboxylic acids is 2. The van der Waals surface area contributed by atoms with E-state index in [2.05, 4.69) is 76.9 Å². The van der Waals surface area contributed by atoms with Crippen molar-refractivity contribution >= 4 is 23.2 Å². The molecule has 6 heterocycles. The van der Waals surface area contributed by atoms with Crippen LogP contribution in [0.4, 0.5) is 11.4 Å². The molecule has 0 fully saturated rings. The van der Waals surface area contributed by atoms with Gasteiger partial charge >= 0.3 is 0 Å². The average molecular weight is 881 g/mol. The van der Waals surface area contributed by atoms with E-state index in [1.54, 1.807) is 65.9 Å². The number of amides is 2. The number of carbonyl (C=O) groups is 2. The minimum absolute atomic E-state index is 0.251. The van der Waals surface area contributed by atoms with E-state index in [9.17, 15) is 9.59 Å². The van der Waals surface area contributed by atoms with Gasteiger partial charge in [-0.25, -0.2) is 19.9 Å². The van der Waals surface area contributed by atoms with Gasteiger partial charge in [-0.05, 0) is 61.0 Å². The van der Waals surface area contributed by atoms with Crippen LogP contribution in [0.25, 0.3) is 23.0 Å². The third-order valence-corrected chi connectivity index (χ3v) is 11.0. The summed E-state index contributed by atoms with van der Waals surface area (Å²) in [4.78, 5) is 44.0. The summed E-state index contributed by atoms with van der Waals surface area (Å²) in [6.07, 6.45) is 11.6. The highest BCUT2D eigenvalue weighted by atomic mass is 16.2. The molecule has 66 heavy (non-hydrogen) atoms. The van der Waals surface area contributed by atoms with E-state index in [-0.39, 0.29) is 11.8 Å². The van der Waals surface area contributed by atoms with Crippen LogP contribution in [-0.4, -0.2) is 81.3 Å². The first-order valence-corrected chi connectivity index (χ1v) is 21.0. The van der Waals surface area contributed by atoms with Crippen molar-refractivity contribution in [1.82, 2.24) is 80.1 Å². The van der Waals surface area contributed by atoms with Gasteiger partial charge in [-0.1, -0.05) is 42.5 Å². The molecule has 0 aliphatic carbocycles. The summed E-state index contributed by atoms with van der Waals surface area (Å²) < 4.78 is 5.52. The molecule has 5 N–H and O–H groups in total. The SMILES string of the molecule is CC(NC(=O)c1cccc(NCc2nnc(-c3ccncn3)n2C)c1)c1[nH]ncc1Cn1cc(C(NC(=O)c2cccc(NCc3nnc(-c4ccncn4)n3C)c2)c2ccccc2)cn1. The van der Waals surface area contributed by atoms with E-state index in [0.29, 0.717) is 65.4 Å². The van der Waals surface area contributed by atoms with Gasteiger partial charge in [0, 0.05) is 66.3 Å². The molecule has 0 bridgehead atoms. The minimum atomic E-state index is -0.502. The van der Waals surface area contributed by atoms with Crippen LogP contribution in [0.2, 0.25) is 0 Å². The molecule has 0 spiro atoms. The summed E-state index contributed by atoms with van der Waals surface area (Å²) in [7, 11) is 3.75. The Morgan fingerprint density at radius 1 is 0.667 bits per heavy atom. The van der Waals surface area contributed by atoms with Crippen molar-refractivity contribution in [3.05, 3.63) is 180 Å². The molecular weight excluding hydrogens is 837 g/mol. The average Bonchev–Trinajstić information content (AvgIpc) is 4.18. The first-order valence-electron chi connectivity index (χ1n) is 21.0. The highest BCUT2D eigenvalue weighted by Gasteiger charge is 2.22. The van der Waals surface area contributed by atoms with Gasteiger partial charge in [-0.15, -0.1) is 20.4 Å². The smallest absolute Gasteiger partial charge is 0.252 e. The Kier molecular flexibility index (Phi) is 12.3. The van der Waals surface area contributed by atoms with E-state index in [4.69, 9.17) is 0 Å². The van der Waals surface area contributed by atoms with E-state index >= 15 is 0 Å². The third-order valence-electron chi connectivity index (χ3n) is 11.0. The number of benzene rings is 3. The first-order chi connectivity index (χ1) is 32.3. The van der Waals surface area contributed by atoms with Gasteiger partial charge in [-0.3, -0.25) is 19.4 Å². The number of aromatic nitrogens is 14. The zero-order valence-electron chi connectivity index (χ0n) is 36.1. The van der Waals surface area contributed by atoms with Gasteiger partial charge in [0.15, 0.2) is 23.3 Å². The third kappa shape index (κ3) is 9.51. The summed E-state index contributed by atoms with van der Waals surface area (Å²) in [5.41, 5.74) is 7.06. The summed E-state index contributed by atoms with van der Waals surface area (Å²) in [6, 6.07) is 26.9. The molecule has 2 atom stereocenters. The maximum atomic E-state index is 13.9. The van der Waals surface area contributed by atoms with Crippen LogP contribution in [0.15, 0.2) is 135 Å². The number of hydrogen-bond acceptors (Lipinski definition) is 14. The highest BCUT2D eigenvalue weighted by Crippen LogP contribution is 2.25. The minimum Gasteiger partial charge on any atom is -0.378 e. The molecule has 9 aromatic rings. The fourth-order valence-electron chi connectivity index (χ4n) is 7.41. The fraction of sp³-hybridized carbons (Fsp3) is 0.174. The Hall–Kier alpha value is -8.94. The van der Waals surface area contributed by atoms with Crippen LogP contribution in [0, 0.1) is 0 Å². The predicted molar refractivity (Wildman–Crippen MR) is 243 cm³/mol. The second kappa shape index (κ2) is 19.2. The van der Waals surface area contributed by atoms with Crippen LogP contribution < -0.4 is 21.3 Å². The molecule has 0 saturated heterocycles. The molecule has 0 aliphatic rings. The molecule has 2 amide bonds. The zero-order valence-corrected chi connectivity index (χ0v) is 36.1. The zero-order chi connectivity index (χ0) is 45.4. The van der Waals surface area contributed by atoms with E-state index in [1.165, 1.54) is 12.7 Å². The molecular formula is C46H44N18O2. The van der Waals surface area contributed by atoms with Crippen LogP contribution in [-0.2, 0) is 33.7 Å². The van der Waals surface area contributed by atoms with Crippen molar-refractivity contribution in [2.75, 3.05) is 10.6 Å². The van der Waals surface area contributed by atoms with Crippen molar-refractivity contribution < 1.29 is 9.59 Å². The lowest BCUT2D eigenvalue weighted by Gasteiger charge is -2.18. The molecule has 330 valence electrons. The highest BCUT2D eigenvalue weighted by molar-refractivity contribution is 5.96. The molecule has 6 aromatic heterocycles. The number of nitrogens with one attached hydrogen (secondary N) is 5. The lowest BCUT2D eigenvalue weighted by Crippen LogP contribution is -2.29. The lowest BCUT2D eigenvalue weighted by atomic mass is 10.0. The molecule has 20 nitrogen and oxygen atoms in total. The largest absolute Gasteiger partial charge is 0.378 e. The van der Waals surface area contributed by atoms with Gasteiger partial charge in [0.25, 0.3) is 11.8 Å². The number of hydrogen-bond donors (Lipinski definition) is 5. The summed E-state index contributed by atoms with van der Waals surface area (Å²) in [5, 5.41) is 42.3. The topological polar surface area (TPSA) is 242 Å². The van der Waals surface area contributed by atoms with Crippen molar-refractivity contribution in [1.29, 1.82) is 0 Å². The quantitative estimate of drug-likeness (QED) is 0.0804. The Labute approximate surface area is 378 Å². The molecule has 20 heteroatoms. The van der Waals surface area contributed by atoms with Gasteiger partial charge < -0.3 is 30.4 Å². The maximum absolute atomic E-state index is 13.9. The summed E-state index contributed by atoms with van der Waals surface area (Å²) >= 11 is 0. The summed E-state index contributed by atoms with van der Waals surface area (Å²) in [5.74, 6) is 2.14. The number of nitrogens with zero attached hydrogens (tertiary/aromatic N) is 13. The standard InChI is InChI=1S/C46H44N18O2/c1-29(55-45(65)31-11-7-13-35(19-31)49-23-39-57-60-43(62(39)2)37-15-17-47-27-51-37)41-33(21-53-59-41)25-64-26-34(22-54-64)42(30-9-5-4-6-10-30)56-46(66)32-12-8-14-36(20-32)50-24-40-58-61-44(63(40)3)38-16-18-48-28-52-38/h4-22,26-29,42,49-50H,23-25H2,1-3H3,(H,53,59)(H,55,65)(H,56,66). The van der Waals surface area contributed by atoms with Crippen molar-refractivity contribution in [3.8, 4) is 23.0 Å². The van der Waals surface area contributed by atoms with E-state index in [0.717, 1.165) is 33.8 Å². The molecule has 0 radical (unpaired) electrons. The van der Waals surface area contributed by atoms with Gasteiger partial charge in [0.1, 0.15) is 24.0 Å². The number of H-pyrrole nitrogens is 1. The Balaban J connectivity index is 0.831. The van der Waals surface area contributed by atoms with Gasteiger partial charge in [0.05, 0.1) is 49.8 Å². The van der Waals surface area contributed by atoms with Gasteiger partial charge in [0.2, 0.25) is 0 Å².